The minimum atomic E-state index is -0.178. The third-order valence-electron chi connectivity index (χ3n) is 1.83. The molecule has 3 heteroatoms. The number of carbonyl (C=O) groups excluding carboxylic acids is 1. The molecule has 0 atom stereocenters. The Hall–Kier alpha value is -1.61. The van der Waals surface area contributed by atoms with Crippen molar-refractivity contribution in [1.82, 2.24) is 5.32 Å². The topological polar surface area (TPSA) is 38.3 Å². The first-order valence-electron chi connectivity index (χ1n) is 4.75. The summed E-state index contributed by atoms with van der Waals surface area (Å²) in [5, 5.41) is 2.59. The van der Waals surface area contributed by atoms with E-state index in [1.807, 2.05) is 30.3 Å². The summed E-state index contributed by atoms with van der Waals surface area (Å²) in [6, 6.07) is 9.80. The van der Waals surface area contributed by atoms with E-state index in [9.17, 15) is 4.79 Å². The van der Waals surface area contributed by atoms with Crippen LogP contribution in [0, 0.1) is 0 Å². The molecule has 0 bridgehead atoms. The molecule has 0 aliphatic heterocycles. The summed E-state index contributed by atoms with van der Waals surface area (Å²) >= 11 is 0. The Morgan fingerprint density at radius 3 is 2.67 bits per heavy atom. The van der Waals surface area contributed by atoms with Crippen molar-refractivity contribution in [2.45, 2.75) is 13.5 Å². The lowest BCUT2D eigenvalue weighted by Crippen LogP contribution is -2.26. The fourth-order valence-electron chi connectivity index (χ4n) is 1.01. The van der Waals surface area contributed by atoms with Gasteiger partial charge in [-0.1, -0.05) is 36.9 Å². The minimum absolute atomic E-state index is 0.178. The summed E-state index contributed by atoms with van der Waals surface area (Å²) in [7, 11) is 0. The molecule has 0 unspecified atom stereocenters. The first kappa shape index (κ1) is 11.5. The number of hydrogen-bond donors (Lipinski definition) is 1. The van der Waals surface area contributed by atoms with Gasteiger partial charge in [0.05, 0.1) is 6.61 Å². The highest BCUT2D eigenvalue weighted by molar-refractivity contribution is 5.91. The summed E-state index contributed by atoms with van der Waals surface area (Å²) in [4.78, 5) is 11.1. The molecule has 1 rings (SSSR count). The van der Waals surface area contributed by atoms with Crippen LogP contribution >= 0.6 is 0 Å². The Labute approximate surface area is 89.8 Å². The molecule has 0 fully saturated rings. The third kappa shape index (κ3) is 4.42. The van der Waals surface area contributed by atoms with Gasteiger partial charge in [-0.05, 0) is 12.5 Å². The second-order valence-corrected chi connectivity index (χ2v) is 3.26. The van der Waals surface area contributed by atoms with Crippen LogP contribution in [0.15, 0.2) is 42.5 Å². The Morgan fingerprint density at radius 2 is 2.07 bits per heavy atom. The lowest BCUT2D eigenvalue weighted by atomic mass is 10.2. The summed E-state index contributed by atoms with van der Waals surface area (Å²) in [6.45, 7) is 5.89. The van der Waals surface area contributed by atoms with Crippen LogP contribution in [0.1, 0.15) is 12.5 Å². The second-order valence-electron chi connectivity index (χ2n) is 3.26. The standard InChI is InChI=1S/C12H15NO2/c1-10(2)12(14)13-9-15-8-11-6-4-3-5-7-11/h3-7H,1,8-9H2,2H3,(H,13,14). The van der Waals surface area contributed by atoms with Crippen molar-refractivity contribution in [3.8, 4) is 0 Å². The van der Waals surface area contributed by atoms with Crippen molar-refractivity contribution >= 4 is 5.91 Å². The van der Waals surface area contributed by atoms with Gasteiger partial charge in [-0.15, -0.1) is 0 Å². The van der Waals surface area contributed by atoms with Crippen molar-refractivity contribution in [2.24, 2.45) is 0 Å². The molecule has 1 aromatic carbocycles. The van der Waals surface area contributed by atoms with Crippen molar-refractivity contribution < 1.29 is 9.53 Å². The zero-order valence-electron chi connectivity index (χ0n) is 8.82. The Balaban J connectivity index is 2.18. The molecule has 0 spiro atoms. The maximum Gasteiger partial charge on any atom is 0.248 e. The molecule has 15 heavy (non-hydrogen) atoms. The van der Waals surface area contributed by atoms with Crippen molar-refractivity contribution in [3.63, 3.8) is 0 Å². The molecule has 1 aromatic rings. The van der Waals surface area contributed by atoms with E-state index in [-0.39, 0.29) is 12.6 Å². The molecule has 0 aliphatic rings. The summed E-state index contributed by atoms with van der Waals surface area (Å²) < 4.78 is 5.27. The molecule has 80 valence electrons. The maximum absolute atomic E-state index is 11.1. The van der Waals surface area contributed by atoms with Gasteiger partial charge in [-0.2, -0.15) is 0 Å². The van der Waals surface area contributed by atoms with Crippen LogP contribution in [0.3, 0.4) is 0 Å². The normalized spacial score (nSPS) is 9.67. The highest BCUT2D eigenvalue weighted by Gasteiger charge is 1.99. The van der Waals surface area contributed by atoms with Crippen molar-refractivity contribution in [1.29, 1.82) is 0 Å². The average molecular weight is 205 g/mol. The summed E-state index contributed by atoms with van der Waals surface area (Å²) in [5.74, 6) is -0.178. The van der Waals surface area contributed by atoms with Gasteiger partial charge in [0.1, 0.15) is 6.73 Å². The van der Waals surface area contributed by atoms with E-state index in [1.54, 1.807) is 6.92 Å². The van der Waals surface area contributed by atoms with Crippen LogP contribution in [0.5, 0.6) is 0 Å². The van der Waals surface area contributed by atoms with Crippen LogP contribution in [0.4, 0.5) is 0 Å². The number of amides is 1. The maximum atomic E-state index is 11.1. The monoisotopic (exact) mass is 205 g/mol. The zero-order chi connectivity index (χ0) is 11.1. The van der Waals surface area contributed by atoms with E-state index in [0.717, 1.165) is 5.56 Å². The van der Waals surface area contributed by atoms with Gasteiger partial charge in [-0.3, -0.25) is 4.79 Å². The van der Waals surface area contributed by atoms with Gasteiger partial charge in [0.25, 0.3) is 0 Å². The number of benzene rings is 1. The largest absolute Gasteiger partial charge is 0.357 e. The van der Waals surface area contributed by atoms with E-state index >= 15 is 0 Å². The second kappa shape index (κ2) is 5.98. The Morgan fingerprint density at radius 1 is 1.40 bits per heavy atom. The minimum Gasteiger partial charge on any atom is -0.357 e. The molecule has 0 radical (unpaired) electrons. The molecule has 0 saturated heterocycles. The number of rotatable bonds is 5. The van der Waals surface area contributed by atoms with E-state index in [4.69, 9.17) is 4.74 Å². The lowest BCUT2D eigenvalue weighted by Gasteiger charge is -2.06. The molecular formula is C12H15NO2. The van der Waals surface area contributed by atoms with E-state index in [1.165, 1.54) is 0 Å². The van der Waals surface area contributed by atoms with Crippen LogP contribution in [0.25, 0.3) is 0 Å². The van der Waals surface area contributed by atoms with E-state index in [0.29, 0.717) is 12.2 Å². The average Bonchev–Trinajstić information content (AvgIpc) is 2.25. The predicted molar refractivity (Wildman–Crippen MR) is 59.1 cm³/mol. The molecular weight excluding hydrogens is 190 g/mol. The number of ether oxygens (including phenoxy) is 1. The van der Waals surface area contributed by atoms with Gasteiger partial charge in [0, 0.05) is 5.57 Å². The number of hydrogen-bond acceptors (Lipinski definition) is 2. The first-order chi connectivity index (χ1) is 7.20. The fourth-order valence-corrected chi connectivity index (χ4v) is 1.01. The highest BCUT2D eigenvalue weighted by atomic mass is 16.5. The molecule has 3 nitrogen and oxygen atoms in total. The van der Waals surface area contributed by atoms with E-state index in [2.05, 4.69) is 11.9 Å². The highest BCUT2D eigenvalue weighted by Crippen LogP contribution is 1.99. The van der Waals surface area contributed by atoms with Crippen LogP contribution in [-0.4, -0.2) is 12.6 Å². The van der Waals surface area contributed by atoms with Crippen LogP contribution < -0.4 is 5.32 Å². The molecule has 0 aliphatic carbocycles. The molecule has 0 aromatic heterocycles. The molecule has 0 heterocycles. The molecule has 1 N–H and O–H groups in total. The summed E-state index contributed by atoms with van der Waals surface area (Å²) in [5.41, 5.74) is 1.57. The Kier molecular flexibility index (Phi) is 4.57. The Bertz CT molecular complexity index is 333. The van der Waals surface area contributed by atoms with Gasteiger partial charge < -0.3 is 10.1 Å². The summed E-state index contributed by atoms with van der Waals surface area (Å²) in [6.07, 6.45) is 0. The zero-order valence-corrected chi connectivity index (χ0v) is 8.82. The van der Waals surface area contributed by atoms with Crippen molar-refractivity contribution in [2.75, 3.05) is 6.73 Å². The third-order valence-corrected chi connectivity index (χ3v) is 1.83. The fraction of sp³-hybridized carbons (Fsp3) is 0.250. The molecule has 1 amide bonds. The smallest absolute Gasteiger partial charge is 0.248 e. The predicted octanol–water partition coefficient (Wildman–Crippen LogP) is 1.85. The molecule has 0 saturated carbocycles. The number of carbonyl (C=O) groups is 1. The van der Waals surface area contributed by atoms with Crippen LogP contribution in [-0.2, 0) is 16.1 Å². The van der Waals surface area contributed by atoms with Gasteiger partial charge >= 0.3 is 0 Å². The van der Waals surface area contributed by atoms with Crippen LogP contribution in [0.2, 0.25) is 0 Å². The SMILES string of the molecule is C=C(C)C(=O)NCOCc1ccccc1. The van der Waals surface area contributed by atoms with Crippen molar-refractivity contribution in [3.05, 3.63) is 48.0 Å². The van der Waals surface area contributed by atoms with Gasteiger partial charge in [-0.25, -0.2) is 0 Å². The lowest BCUT2D eigenvalue weighted by molar-refractivity contribution is -0.119. The first-order valence-corrected chi connectivity index (χ1v) is 4.75. The van der Waals surface area contributed by atoms with E-state index < -0.39 is 0 Å². The van der Waals surface area contributed by atoms with Gasteiger partial charge in [0.2, 0.25) is 5.91 Å². The quantitative estimate of drug-likeness (QED) is 0.452. The number of nitrogens with one attached hydrogen (secondary N) is 1. The van der Waals surface area contributed by atoms with Gasteiger partial charge in [0.15, 0.2) is 0 Å².